The minimum atomic E-state index is -3.89. The summed E-state index contributed by atoms with van der Waals surface area (Å²) in [5.74, 6) is -1.35. The van der Waals surface area contributed by atoms with Crippen molar-refractivity contribution in [2.75, 3.05) is 35.7 Å². The van der Waals surface area contributed by atoms with Gasteiger partial charge in [-0.25, -0.2) is 53.1 Å². The lowest BCUT2D eigenvalue weighted by Gasteiger charge is -2.45. The van der Waals surface area contributed by atoms with E-state index in [0.29, 0.717) is 63.5 Å². The molecule has 4 aromatic carbocycles. The van der Waals surface area contributed by atoms with Gasteiger partial charge in [0.15, 0.2) is 0 Å². The summed E-state index contributed by atoms with van der Waals surface area (Å²) in [5.41, 5.74) is 3.16. The predicted molar refractivity (Wildman–Crippen MR) is 249 cm³/mol. The first-order valence-electron chi connectivity index (χ1n) is 22.3. The normalized spacial score (nSPS) is 23.0. The van der Waals surface area contributed by atoms with Crippen LogP contribution in [0.25, 0.3) is 0 Å². The number of hydrogen-bond acceptors (Lipinski definition) is 14. The molecule has 0 unspecified atom stereocenters. The van der Waals surface area contributed by atoms with Crippen LogP contribution in [0, 0.1) is 23.5 Å². The number of rotatable bonds is 12. The fourth-order valence-corrected chi connectivity index (χ4v) is 13.1. The third-order valence-corrected chi connectivity index (χ3v) is 17.3. The van der Waals surface area contributed by atoms with Crippen LogP contribution < -0.4 is 18.9 Å². The first-order chi connectivity index (χ1) is 33.6. The molecule has 6 heterocycles. The second-order valence-corrected chi connectivity index (χ2v) is 22.2. The molecule has 6 aromatic rings. The van der Waals surface area contributed by atoms with Crippen molar-refractivity contribution >= 4 is 53.4 Å². The highest BCUT2D eigenvalue weighted by Crippen LogP contribution is 2.48. The molecular formula is C46H46F6N8O6S4. The minimum absolute atomic E-state index is 0.0265. The van der Waals surface area contributed by atoms with Gasteiger partial charge in [0.25, 0.3) is 20.0 Å². The van der Waals surface area contributed by atoms with E-state index in [0.717, 1.165) is 45.3 Å². The molecule has 10 rings (SSSR count). The smallest absolute Gasteiger partial charge is 0.263 e. The van der Waals surface area contributed by atoms with Gasteiger partial charge in [-0.3, -0.25) is 19.2 Å². The van der Waals surface area contributed by atoms with Crippen LogP contribution in [0.4, 0.5) is 36.6 Å². The van der Waals surface area contributed by atoms with Crippen molar-refractivity contribution in [1.29, 1.82) is 0 Å². The van der Waals surface area contributed by atoms with E-state index in [1.165, 1.54) is 61.2 Å². The fraction of sp³-hybridized carbons (Fsp3) is 0.391. The lowest BCUT2D eigenvalue weighted by molar-refractivity contribution is -0.0135. The number of sulfonamides is 2. The number of benzene rings is 4. The summed E-state index contributed by atoms with van der Waals surface area (Å²) in [6, 6.07) is 20.4. The van der Waals surface area contributed by atoms with Crippen LogP contribution >= 0.6 is 23.1 Å². The monoisotopic (exact) mass is 1050 g/mol. The van der Waals surface area contributed by atoms with Gasteiger partial charge in [-0.2, -0.15) is 8.75 Å². The van der Waals surface area contributed by atoms with E-state index in [1.807, 2.05) is 0 Å². The van der Waals surface area contributed by atoms with E-state index in [-0.39, 0.29) is 68.7 Å². The lowest BCUT2D eigenvalue weighted by atomic mass is 9.84. The van der Waals surface area contributed by atoms with E-state index in [4.69, 9.17) is 9.47 Å². The molecular weight excluding hydrogens is 1000 g/mol. The number of piperidine rings is 2. The van der Waals surface area contributed by atoms with Gasteiger partial charge >= 0.3 is 0 Å². The molecule has 4 aliphatic heterocycles. The largest absolute Gasteiger partial charge is 0.493 e. The molecule has 0 amide bonds. The Hall–Kier alpha value is -5.40. The zero-order chi connectivity index (χ0) is 49.2. The Labute approximate surface area is 408 Å². The molecule has 6 atom stereocenters. The van der Waals surface area contributed by atoms with Crippen molar-refractivity contribution in [3.05, 3.63) is 131 Å². The summed E-state index contributed by atoms with van der Waals surface area (Å²) >= 11 is 1.85. The van der Waals surface area contributed by atoms with E-state index in [2.05, 4.69) is 38.0 Å². The quantitative estimate of drug-likeness (QED) is 0.112. The second kappa shape index (κ2) is 21.1. The fourth-order valence-electron chi connectivity index (χ4n) is 9.76. The third-order valence-electron chi connectivity index (χ3n) is 13.2. The van der Waals surface area contributed by atoms with Gasteiger partial charge in [-0.15, -0.1) is 0 Å². The zero-order valence-corrected chi connectivity index (χ0v) is 40.2. The van der Waals surface area contributed by atoms with Crippen molar-refractivity contribution in [3.63, 3.8) is 0 Å². The van der Waals surface area contributed by atoms with E-state index in [9.17, 15) is 43.2 Å². The highest BCUT2D eigenvalue weighted by Gasteiger charge is 2.41. The van der Waals surface area contributed by atoms with Crippen LogP contribution in [0.5, 0.6) is 11.5 Å². The Morgan fingerprint density at radius 1 is 0.557 bits per heavy atom. The van der Waals surface area contributed by atoms with Gasteiger partial charge in [-0.1, -0.05) is 36.4 Å². The van der Waals surface area contributed by atoms with E-state index in [1.54, 1.807) is 36.4 Å². The molecule has 2 N–H and O–H groups in total. The van der Waals surface area contributed by atoms with Gasteiger partial charge < -0.3 is 9.47 Å². The van der Waals surface area contributed by atoms with Crippen molar-refractivity contribution in [1.82, 2.24) is 28.5 Å². The van der Waals surface area contributed by atoms with Gasteiger partial charge in [0.05, 0.1) is 23.0 Å². The van der Waals surface area contributed by atoms with Crippen LogP contribution in [0.15, 0.2) is 107 Å². The molecule has 2 aromatic heterocycles. The number of likely N-dealkylation sites (tertiary alicyclic amines) is 2. The molecule has 70 heavy (non-hydrogen) atoms. The van der Waals surface area contributed by atoms with Crippen LogP contribution in [0.1, 0.15) is 84.9 Å². The number of halogens is 6. The Morgan fingerprint density at radius 2 is 0.957 bits per heavy atom. The summed E-state index contributed by atoms with van der Waals surface area (Å²) in [6.07, 6.45) is 0.141. The molecule has 0 saturated carbocycles. The Bertz CT molecular complexity index is 2750. The van der Waals surface area contributed by atoms with E-state index >= 15 is 0 Å². The summed E-state index contributed by atoms with van der Waals surface area (Å²) in [4.78, 5) is 12.1. The number of hydrogen-bond donors (Lipinski definition) is 2. The lowest BCUT2D eigenvalue weighted by Crippen LogP contribution is -2.42. The molecule has 0 bridgehead atoms. The molecule has 2 saturated heterocycles. The predicted octanol–water partition coefficient (Wildman–Crippen LogP) is 10.0. The SMILES string of the molecule is O=S(=O)(Nc1ncns1)c1ccc2c(c1)OCC[C@@H]2N1CC[C@@H](C(F)F)C[C@H]1c1ccc(F)cc1.O=S(=O)(Nc1ncns1)c1ccc2c(c1)OCC[C@H]2N1CC[C@@H](C(F)F)C[C@H]1c1ccc(F)cc1. The van der Waals surface area contributed by atoms with Crippen molar-refractivity contribution < 1.29 is 52.7 Å². The first kappa shape index (κ1) is 49.6. The standard InChI is InChI=1S/2C23H23F3N4O3S2/c2*24-16-3-1-14(2-4-16)20-11-15(22(25)26)7-9-30(20)19-8-10-33-21-12-17(5-6-18(19)21)35(31,32)29-23-27-13-28-34-23/h2*1-6,12-13,15,19-20,22H,7-11H2,(H,27,28,29)/t15-,19+,20+;15-,19-,20+/m11/s1. The van der Waals surface area contributed by atoms with Gasteiger partial charge in [0, 0.05) is 95.2 Å². The average Bonchev–Trinajstić information content (AvgIpc) is 4.08. The topological polar surface area (TPSA) is 169 Å². The van der Waals surface area contributed by atoms with Gasteiger partial charge in [-0.05, 0) is 86.3 Å². The number of ether oxygens (including phenoxy) is 2. The maximum atomic E-state index is 13.6. The summed E-state index contributed by atoms with van der Waals surface area (Å²) in [6.45, 7) is 1.60. The maximum Gasteiger partial charge on any atom is 0.263 e. The van der Waals surface area contributed by atoms with Crippen molar-refractivity contribution in [2.24, 2.45) is 11.8 Å². The number of nitrogens with zero attached hydrogens (tertiary/aromatic N) is 6. The first-order valence-corrected chi connectivity index (χ1v) is 26.9. The van der Waals surface area contributed by atoms with Crippen LogP contribution in [-0.4, -0.2) is 84.5 Å². The Balaban J connectivity index is 0.000000174. The molecule has 24 heteroatoms. The molecule has 372 valence electrons. The summed E-state index contributed by atoms with van der Waals surface area (Å²) in [7, 11) is -7.78. The van der Waals surface area contributed by atoms with Crippen LogP contribution in [0.2, 0.25) is 0 Å². The van der Waals surface area contributed by atoms with E-state index < -0.39 is 44.7 Å². The zero-order valence-electron chi connectivity index (χ0n) is 37.0. The second-order valence-electron chi connectivity index (χ2n) is 17.3. The van der Waals surface area contributed by atoms with Crippen molar-refractivity contribution in [3.8, 4) is 11.5 Å². The summed E-state index contributed by atoms with van der Waals surface area (Å²) < 4.78 is 157. The Kier molecular flexibility index (Phi) is 15.0. The number of aromatic nitrogens is 4. The Morgan fingerprint density at radius 3 is 1.31 bits per heavy atom. The van der Waals surface area contributed by atoms with Gasteiger partial charge in [0.1, 0.15) is 35.8 Å². The maximum absolute atomic E-state index is 13.6. The molecule has 0 aliphatic carbocycles. The van der Waals surface area contributed by atoms with Crippen LogP contribution in [0.3, 0.4) is 0 Å². The van der Waals surface area contributed by atoms with Crippen LogP contribution in [-0.2, 0) is 20.0 Å². The molecule has 2 fully saturated rings. The third kappa shape index (κ3) is 11.1. The molecule has 0 spiro atoms. The number of fused-ring (bicyclic) bond motifs is 2. The average molecular weight is 1050 g/mol. The highest BCUT2D eigenvalue weighted by atomic mass is 32.2. The van der Waals surface area contributed by atoms with Gasteiger partial charge in [0.2, 0.25) is 23.1 Å². The minimum Gasteiger partial charge on any atom is -0.493 e. The number of anilines is 2. The highest BCUT2D eigenvalue weighted by molar-refractivity contribution is 7.93. The molecule has 0 radical (unpaired) electrons. The molecule has 14 nitrogen and oxygen atoms in total. The number of nitrogens with one attached hydrogen (secondary N) is 2. The van der Waals surface area contributed by atoms with Crippen molar-refractivity contribution in [2.45, 2.75) is 85.3 Å². The molecule has 4 aliphatic rings. The summed E-state index contributed by atoms with van der Waals surface area (Å²) in [5, 5.41) is 0.316. The number of alkyl halides is 4.